The molecule has 114 valence electrons. The van der Waals surface area contributed by atoms with Crippen LogP contribution < -0.4 is 5.32 Å². The smallest absolute Gasteiger partial charge is 0.407 e. The van der Waals surface area contributed by atoms with Crippen LogP contribution >= 0.6 is 0 Å². The molecule has 2 aliphatic rings. The fourth-order valence-corrected chi connectivity index (χ4v) is 2.74. The van der Waals surface area contributed by atoms with E-state index in [9.17, 15) is 9.59 Å². The number of hydrogen-bond acceptors (Lipinski definition) is 5. The van der Waals surface area contributed by atoms with Crippen LogP contribution in [-0.2, 0) is 19.0 Å². The molecule has 0 unspecified atom stereocenters. The third-order valence-electron chi connectivity index (χ3n) is 3.97. The van der Waals surface area contributed by atoms with Crippen molar-refractivity contribution in [3.63, 3.8) is 0 Å². The molecule has 6 heteroatoms. The largest absolute Gasteiger partial charge is 0.464 e. The molecule has 1 amide bonds. The van der Waals surface area contributed by atoms with E-state index in [0.717, 1.165) is 12.8 Å². The average molecular weight is 285 g/mol. The first-order valence-corrected chi connectivity index (χ1v) is 7.28. The van der Waals surface area contributed by atoms with Crippen molar-refractivity contribution in [1.82, 2.24) is 5.32 Å². The highest BCUT2D eigenvalue weighted by molar-refractivity contribution is 5.81. The highest BCUT2D eigenvalue weighted by Crippen LogP contribution is 2.40. The van der Waals surface area contributed by atoms with Crippen molar-refractivity contribution >= 4 is 12.1 Å². The molecule has 0 bridgehead atoms. The van der Waals surface area contributed by atoms with Gasteiger partial charge in [-0.1, -0.05) is 0 Å². The van der Waals surface area contributed by atoms with Crippen LogP contribution in [0.2, 0.25) is 0 Å². The number of esters is 1. The van der Waals surface area contributed by atoms with E-state index in [2.05, 4.69) is 10.1 Å². The van der Waals surface area contributed by atoms with Gasteiger partial charge in [0.1, 0.15) is 6.04 Å². The predicted molar refractivity (Wildman–Crippen MR) is 71.1 cm³/mol. The van der Waals surface area contributed by atoms with Gasteiger partial charge in [0.05, 0.1) is 19.8 Å². The minimum absolute atomic E-state index is 0.0486. The first-order chi connectivity index (χ1) is 9.65. The summed E-state index contributed by atoms with van der Waals surface area (Å²) in [5, 5.41) is 2.61. The molecule has 1 saturated heterocycles. The third-order valence-corrected chi connectivity index (χ3v) is 3.97. The molecular formula is C14H23NO5. The Morgan fingerprint density at radius 2 is 2.10 bits per heavy atom. The Kier molecular flexibility index (Phi) is 5.23. The maximum Gasteiger partial charge on any atom is 0.407 e. The number of alkyl carbamates (subject to hydrolysis) is 1. The molecule has 0 aromatic rings. The van der Waals surface area contributed by atoms with Crippen LogP contribution in [0.5, 0.6) is 0 Å². The van der Waals surface area contributed by atoms with Gasteiger partial charge >= 0.3 is 12.1 Å². The summed E-state index contributed by atoms with van der Waals surface area (Å²) in [7, 11) is 1.29. The lowest BCUT2D eigenvalue weighted by Gasteiger charge is -2.33. The normalized spacial score (nSPS) is 27.5. The van der Waals surface area contributed by atoms with Gasteiger partial charge in [0, 0.05) is 6.61 Å². The predicted octanol–water partition coefficient (Wildman–Crippen LogP) is 1.48. The van der Waals surface area contributed by atoms with Crippen LogP contribution in [0.1, 0.15) is 32.6 Å². The number of nitrogens with one attached hydrogen (secondary N) is 1. The molecule has 6 nitrogen and oxygen atoms in total. The molecule has 1 saturated carbocycles. The Balaban J connectivity index is 1.99. The molecular weight excluding hydrogens is 262 g/mol. The number of carbonyl (C=O) groups excluding carboxylic acids is 2. The van der Waals surface area contributed by atoms with E-state index in [0.29, 0.717) is 19.1 Å². The van der Waals surface area contributed by atoms with Crippen LogP contribution in [0.15, 0.2) is 0 Å². The lowest BCUT2D eigenvalue weighted by molar-refractivity contribution is -0.148. The van der Waals surface area contributed by atoms with Gasteiger partial charge in [0.2, 0.25) is 0 Å². The fourth-order valence-electron chi connectivity index (χ4n) is 2.74. The molecule has 1 heterocycles. The second-order valence-electron chi connectivity index (χ2n) is 5.40. The zero-order valence-electron chi connectivity index (χ0n) is 12.1. The molecule has 0 aromatic heterocycles. The van der Waals surface area contributed by atoms with Gasteiger partial charge in [-0.05, 0) is 44.4 Å². The minimum Gasteiger partial charge on any atom is -0.464 e. The molecule has 20 heavy (non-hydrogen) atoms. The second-order valence-corrected chi connectivity index (χ2v) is 5.40. The first kappa shape index (κ1) is 15.1. The Hall–Kier alpha value is -1.30. The van der Waals surface area contributed by atoms with Crippen molar-refractivity contribution < 1.29 is 23.8 Å². The summed E-state index contributed by atoms with van der Waals surface area (Å²) in [5.41, 5.74) is 0. The van der Waals surface area contributed by atoms with E-state index in [-0.39, 0.29) is 18.0 Å². The monoisotopic (exact) mass is 285 g/mol. The quantitative estimate of drug-likeness (QED) is 0.774. The number of methoxy groups -OCH3 is 1. The van der Waals surface area contributed by atoms with Crippen LogP contribution in [0.4, 0.5) is 4.79 Å². The van der Waals surface area contributed by atoms with Crippen molar-refractivity contribution in [3.05, 3.63) is 0 Å². The zero-order valence-corrected chi connectivity index (χ0v) is 12.1. The van der Waals surface area contributed by atoms with Gasteiger partial charge in [0.15, 0.2) is 0 Å². The first-order valence-electron chi connectivity index (χ1n) is 7.28. The van der Waals surface area contributed by atoms with E-state index in [4.69, 9.17) is 9.47 Å². The zero-order chi connectivity index (χ0) is 14.5. The van der Waals surface area contributed by atoms with Crippen molar-refractivity contribution in [2.75, 3.05) is 20.3 Å². The van der Waals surface area contributed by atoms with Gasteiger partial charge in [-0.3, -0.25) is 0 Å². The molecule has 2 fully saturated rings. The summed E-state index contributed by atoms with van der Waals surface area (Å²) in [6, 6.07) is -0.646. The van der Waals surface area contributed by atoms with Crippen molar-refractivity contribution in [1.29, 1.82) is 0 Å². The Labute approximate surface area is 119 Å². The van der Waals surface area contributed by atoms with Gasteiger partial charge in [-0.25, -0.2) is 9.59 Å². The van der Waals surface area contributed by atoms with Gasteiger partial charge < -0.3 is 19.5 Å². The van der Waals surface area contributed by atoms with E-state index < -0.39 is 12.1 Å². The molecule has 0 radical (unpaired) electrons. The summed E-state index contributed by atoms with van der Waals surface area (Å²) in [6.45, 7) is 2.68. The molecule has 0 spiro atoms. The van der Waals surface area contributed by atoms with Crippen molar-refractivity contribution in [2.45, 2.75) is 44.8 Å². The SMILES string of the molecule is CCOC(=O)[C@H](NC(=O)OC)[C@@H]1CCO[C@H](C2CC2)C1. The highest BCUT2D eigenvalue weighted by atomic mass is 16.5. The Morgan fingerprint density at radius 3 is 2.70 bits per heavy atom. The average Bonchev–Trinajstić information content (AvgIpc) is 3.29. The molecule has 1 N–H and O–H groups in total. The van der Waals surface area contributed by atoms with Gasteiger partial charge in [-0.15, -0.1) is 0 Å². The van der Waals surface area contributed by atoms with E-state index in [1.165, 1.54) is 20.0 Å². The van der Waals surface area contributed by atoms with Gasteiger partial charge in [-0.2, -0.15) is 0 Å². The minimum atomic E-state index is -0.646. The lowest BCUT2D eigenvalue weighted by Crippen LogP contribution is -2.49. The number of hydrogen-bond donors (Lipinski definition) is 1. The van der Waals surface area contributed by atoms with E-state index >= 15 is 0 Å². The Bertz CT molecular complexity index is 355. The van der Waals surface area contributed by atoms with Crippen LogP contribution in [0.3, 0.4) is 0 Å². The lowest BCUT2D eigenvalue weighted by atomic mass is 9.87. The second kappa shape index (κ2) is 6.92. The molecule has 3 atom stereocenters. The standard InChI is InChI=1S/C14H23NO5/c1-3-19-13(16)12(15-14(17)18-2)10-6-7-20-11(8-10)9-4-5-9/h9-12H,3-8H2,1-2H3,(H,15,17)/t10-,11+,12-/m1/s1. The maximum atomic E-state index is 12.1. The molecule has 1 aliphatic heterocycles. The number of rotatable bonds is 5. The van der Waals surface area contributed by atoms with E-state index in [1.807, 2.05) is 0 Å². The summed E-state index contributed by atoms with van der Waals surface area (Å²) in [4.78, 5) is 23.5. The molecule has 0 aromatic carbocycles. The molecule has 2 rings (SSSR count). The van der Waals surface area contributed by atoms with Crippen LogP contribution in [0.25, 0.3) is 0 Å². The van der Waals surface area contributed by atoms with Crippen molar-refractivity contribution in [2.24, 2.45) is 11.8 Å². The topological polar surface area (TPSA) is 73.9 Å². The fraction of sp³-hybridized carbons (Fsp3) is 0.857. The number of amides is 1. The number of carbonyl (C=O) groups is 2. The third kappa shape index (κ3) is 3.85. The summed E-state index contributed by atoms with van der Waals surface area (Å²) < 4.78 is 15.4. The Morgan fingerprint density at radius 1 is 1.35 bits per heavy atom. The van der Waals surface area contributed by atoms with Gasteiger partial charge in [0.25, 0.3) is 0 Å². The maximum absolute atomic E-state index is 12.1. The summed E-state index contributed by atoms with van der Waals surface area (Å²) >= 11 is 0. The van der Waals surface area contributed by atoms with Crippen molar-refractivity contribution in [3.8, 4) is 0 Å². The molecule has 1 aliphatic carbocycles. The van der Waals surface area contributed by atoms with Crippen LogP contribution in [0, 0.1) is 11.8 Å². The summed E-state index contributed by atoms with van der Waals surface area (Å²) in [5.74, 6) is 0.283. The summed E-state index contributed by atoms with van der Waals surface area (Å²) in [6.07, 6.45) is 3.55. The van der Waals surface area contributed by atoms with Crippen LogP contribution in [-0.4, -0.2) is 44.5 Å². The number of ether oxygens (including phenoxy) is 3. The highest BCUT2D eigenvalue weighted by Gasteiger charge is 2.40. The van der Waals surface area contributed by atoms with E-state index in [1.54, 1.807) is 6.92 Å².